The predicted octanol–water partition coefficient (Wildman–Crippen LogP) is 4.33. The number of piperidine rings is 1. The molecule has 5 rings (SSSR count). The van der Waals surface area contributed by atoms with Crippen LogP contribution in [0.15, 0.2) is 41.3 Å². The van der Waals surface area contributed by atoms with E-state index < -0.39 is 32.5 Å². The molecule has 3 heterocycles. The second-order valence-electron chi connectivity index (χ2n) is 8.95. The Hall–Kier alpha value is -2.54. The fourth-order valence-corrected chi connectivity index (χ4v) is 7.16. The zero-order chi connectivity index (χ0) is 25.4. The second-order valence-corrected chi connectivity index (χ2v) is 11.9. The Morgan fingerprint density at radius 3 is 2.50 bits per heavy atom. The molecular formula is C24H24F3N3O4S2. The number of fused-ring (bicyclic) bond motifs is 1. The molecule has 1 atom stereocenters. The van der Waals surface area contributed by atoms with Gasteiger partial charge in [0.05, 0.1) is 22.9 Å². The summed E-state index contributed by atoms with van der Waals surface area (Å²) in [4.78, 5) is 19.2. The third-order valence-electron chi connectivity index (χ3n) is 6.56. The average Bonchev–Trinajstić information content (AvgIpc) is 3.51. The van der Waals surface area contributed by atoms with Crippen LogP contribution in [0.25, 0.3) is 10.2 Å². The largest absolute Gasteiger partial charge is 0.376 e. The standard InChI is InChI=1S/C24H24F3N3O4S2/c25-16-4-6-22(19(27)12-16)36(32,33)29-9-7-15(8-10-29)23(31)30(14-18-2-1-11-34-18)24-28-20-5-3-17(26)13-21(20)35-24/h3-6,12-13,15,18H,1-2,7-11,14H2. The van der Waals surface area contributed by atoms with Crippen molar-refractivity contribution < 1.29 is 31.1 Å². The Labute approximate surface area is 210 Å². The van der Waals surface area contributed by atoms with Gasteiger partial charge < -0.3 is 4.74 Å². The van der Waals surface area contributed by atoms with Gasteiger partial charge in [-0.25, -0.2) is 26.6 Å². The van der Waals surface area contributed by atoms with E-state index in [-0.39, 0.29) is 43.8 Å². The van der Waals surface area contributed by atoms with Gasteiger partial charge in [0.1, 0.15) is 22.3 Å². The Kier molecular flexibility index (Phi) is 7.03. The lowest BCUT2D eigenvalue weighted by Crippen LogP contribution is -2.46. The summed E-state index contributed by atoms with van der Waals surface area (Å²) < 4.78 is 74.4. The minimum absolute atomic E-state index is 0.0222. The SMILES string of the molecule is O=C(C1CCN(S(=O)(=O)c2ccc(F)cc2F)CC1)N(CC1CCCO1)c1nc2ccc(F)cc2s1. The number of amides is 1. The third kappa shape index (κ3) is 4.99. The van der Waals surface area contributed by atoms with Gasteiger partial charge in [0.15, 0.2) is 5.13 Å². The number of nitrogens with zero attached hydrogens (tertiary/aromatic N) is 3. The molecule has 2 saturated heterocycles. The molecule has 0 aliphatic carbocycles. The smallest absolute Gasteiger partial charge is 0.245 e. The van der Waals surface area contributed by atoms with Crippen LogP contribution in [0.5, 0.6) is 0 Å². The van der Waals surface area contributed by atoms with E-state index in [2.05, 4.69) is 4.98 Å². The Balaban J connectivity index is 1.34. The van der Waals surface area contributed by atoms with Crippen LogP contribution in [0.2, 0.25) is 0 Å². The topological polar surface area (TPSA) is 79.8 Å². The number of anilines is 1. The minimum atomic E-state index is -4.17. The molecule has 1 unspecified atom stereocenters. The zero-order valence-corrected chi connectivity index (χ0v) is 20.8. The molecule has 192 valence electrons. The molecule has 0 radical (unpaired) electrons. The lowest BCUT2D eigenvalue weighted by atomic mass is 9.96. The van der Waals surface area contributed by atoms with Crippen molar-refractivity contribution in [2.24, 2.45) is 5.92 Å². The number of ether oxygens (including phenoxy) is 1. The highest BCUT2D eigenvalue weighted by molar-refractivity contribution is 7.89. The van der Waals surface area contributed by atoms with Gasteiger partial charge in [-0.15, -0.1) is 0 Å². The van der Waals surface area contributed by atoms with E-state index in [0.717, 1.165) is 29.3 Å². The predicted molar refractivity (Wildman–Crippen MR) is 129 cm³/mol. The van der Waals surface area contributed by atoms with E-state index in [9.17, 15) is 26.4 Å². The molecule has 0 bridgehead atoms. The van der Waals surface area contributed by atoms with Gasteiger partial charge in [-0.05, 0) is 56.0 Å². The molecule has 0 N–H and O–H groups in total. The van der Waals surface area contributed by atoms with Crippen LogP contribution in [0.4, 0.5) is 18.3 Å². The number of carbonyl (C=O) groups excluding carboxylic acids is 1. The van der Waals surface area contributed by atoms with E-state index >= 15 is 0 Å². The monoisotopic (exact) mass is 539 g/mol. The van der Waals surface area contributed by atoms with Crippen LogP contribution in [-0.4, -0.2) is 56.0 Å². The van der Waals surface area contributed by atoms with Gasteiger partial charge >= 0.3 is 0 Å². The Morgan fingerprint density at radius 2 is 1.81 bits per heavy atom. The summed E-state index contributed by atoms with van der Waals surface area (Å²) in [7, 11) is -4.17. The van der Waals surface area contributed by atoms with Gasteiger partial charge in [-0.2, -0.15) is 4.31 Å². The van der Waals surface area contributed by atoms with Crippen molar-refractivity contribution in [1.29, 1.82) is 0 Å². The summed E-state index contributed by atoms with van der Waals surface area (Å²) in [6.45, 7) is 0.969. The highest BCUT2D eigenvalue weighted by Crippen LogP contribution is 2.33. The van der Waals surface area contributed by atoms with Crippen molar-refractivity contribution >= 4 is 42.6 Å². The third-order valence-corrected chi connectivity index (χ3v) is 9.53. The molecule has 3 aromatic rings. The molecule has 36 heavy (non-hydrogen) atoms. The molecule has 0 spiro atoms. The van der Waals surface area contributed by atoms with Crippen LogP contribution in [-0.2, 0) is 19.6 Å². The van der Waals surface area contributed by atoms with Crippen molar-refractivity contribution in [2.45, 2.75) is 36.7 Å². The number of benzene rings is 2. The lowest BCUT2D eigenvalue weighted by Gasteiger charge is -2.33. The van der Waals surface area contributed by atoms with Gasteiger partial charge in [0, 0.05) is 31.7 Å². The summed E-state index contributed by atoms with van der Waals surface area (Å²) in [6.07, 6.45) is 2.04. The summed E-state index contributed by atoms with van der Waals surface area (Å²) >= 11 is 1.22. The van der Waals surface area contributed by atoms with Crippen LogP contribution in [0.3, 0.4) is 0 Å². The van der Waals surface area contributed by atoms with Gasteiger partial charge in [-0.3, -0.25) is 9.69 Å². The van der Waals surface area contributed by atoms with Gasteiger partial charge in [0.2, 0.25) is 15.9 Å². The number of halogens is 3. The molecule has 12 heteroatoms. The summed E-state index contributed by atoms with van der Waals surface area (Å²) in [5, 5.41) is 0.444. The summed E-state index contributed by atoms with van der Waals surface area (Å²) in [6, 6.07) is 6.62. The first-order chi connectivity index (χ1) is 17.2. The van der Waals surface area contributed by atoms with E-state index in [1.54, 1.807) is 11.0 Å². The molecule has 2 fully saturated rings. The molecular weight excluding hydrogens is 515 g/mol. The van der Waals surface area contributed by atoms with Crippen LogP contribution >= 0.6 is 11.3 Å². The summed E-state index contributed by atoms with van der Waals surface area (Å²) in [5.74, 6) is -3.07. The molecule has 2 aliphatic heterocycles. The van der Waals surface area contributed by atoms with Crippen LogP contribution < -0.4 is 4.90 Å². The van der Waals surface area contributed by atoms with E-state index in [1.165, 1.54) is 23.5 Å². The summed E-state index contributed by atoms with van der Waals surface area (Å²) in [5.41, 5.74) is 0.587. The van der Waals surface area contributed by atoms with Crippen molar-refractivity contribution in [1.82, 2.24) is 9.29 Å². The maximum absolute atomic E-state index is 14.2. The first-order valence-electron chi connectivity index (χ1n) is 11.7. The fourth-order valence-electron chi connectivity index (χ4n) is 4.64. The van der Waals surface area contributed by atoms with Gasteiger partial charge in [0.25, 0.3) is 0 Å². The molecule has 2 aromatic carbocycles. The molecule has 1 amide bonds. The number of hydrogen-bond acceptors (Lipinski definition) is 6. The number of carbonyl (C=O) groups is 1. The van der Waals surface area contributed by atoms with Crippen molar-refractivity contribution in [2.75, 3.05) is 31.1 Å². The Bertz CT molecular complexity index is 1380. The van der Waals surface area contributed by atoms with E-state index in [0.29, 0.717) is 34.6 Å². The van der Waals surface area contributed by atoms with Crippen molar-refractivity contribution in [3.63, 3.8) is 0 Å². The van der Waals surface area contributed by atoms with Crippen LogP contribution in [0, 0.1) is 23.4 Å². The number of thiazole rings is 1. The minimum Gasteiger partial charge on any atom is -0.376 e. The number of aromatic nitrogens is 1. The number of sulfonamides is 1. The number of rotatable bonds is 6. The molecule has 7 nitrogen and oxygen atoms in total. The quantitative estimate of drug-likeness (QED) is 0.466. The van der Waals surface area contributed by atoms with Gasteiger partial charge in [-0.1, -0.05) is 11.3 Å². The Morgan fingerprint density at radius 1 is 1.08 bits per heavy atom. The zero-order valence-electron chi connectivity index (χ0n) is 19.2. The maximum Gasteiger partial charge on any atom is 0.245 e. The fraction of sp³-hybridized carbons (Fsp3) is 0.417. The number of hydrogen-bond donors (Lipinski definition) is 0. The average molecular weight is 540 g/mol. The lowest BCUT2D eigenvalue weighted by molar-refractivity contribution is -0.123. The molecule has 1 aromatic heterocycles. The maximum atomic E-state index is 14.2. The second kappa shape index (κ2) is 10.1. The van der Waals surface area contributed by atoms with E-state index in [4.69, 9.17) is 4.74 Å². The normalized spacial score (nSPS) is 19.7. The van der Waals surface area contributed by atoms with Crippen molar-refractivity contribution in [3.8, 4) is 0 Å². The van der Waals surface area contributed by atoms with E-state index in [1.807, 2.05) is 0 Å². The first kappa shape index (κ1) is 25.1. The van der Waals surface area contributed by atoms with Crippen molar-refractivity contribution in [3.05, 3.63) is 53.8 Å². The van der Waals surface area contributed by atoms with Crippen LogP contribution in [0.1, 0.15) is 25.7 Å². The highest BCUT2D eigenvalue weighted by Gasteiger charge is 2.37. The molecule has 2 aliphatic rings. The highest BCUT2D eigenvalue weighted by atomic mass is 32.2. The first-order valence-corrected chi connectivity index (χ1v) is 13.9. The molecule has 0 saturated carbocycles.